The van der Waals surface area contributed by atoms with Crippen LogP contribution in [0.25, 0.3) is 21.4 Å². The van der Waals surface area contributed by atoms with Crippen LogP contribution in [0.15, 0.2) is 54.9 Å². The number of nitrogens with zero attached hydrogens (tertiary/aromatic N) is 5. The van der Waals surface area contributed by atoms with Gasteiger partial charge >= 0.3 is 11.9 Å². The van der Waals surface area contributed by atoms with E-state index in [-0.39, 0.29) is 33.8 Å². The van der Waals surface area contributed by atoms with Crippen molar-refractivity contribution in [3.63, 3.8) is 0 Å². The van der Waals surface area contributed by atoms with Crippen molar-refractivity contribution in [2.45, 2.75) is 42.6 Å². The lowest BCUT2D eigenvalue weighted by Gasteiger charge is -2.29. The zero-order valence-electron chi connectivity index (χ0n) is 23.9. The van der Waals surface area contributed by atoms with E-state index in [0.717, 1.165) is 16.9 Å². The zero-order chi connectivity index (χ0) is 33.5. The summed E-state index contributed by atoms with van der Waals surface area (Å²) in [6, 6.07) is 12.7. The third-order valence-electron chi connectivity index (χ3n) is 7.70. The standard InChI is InChI=1S/C30H24ClFN6O8S/c1-2-29(44)19(13-45-30(26(40)41,27(42)43)11-20-35-17-5-3-4-6-18(17)47-20)46-25(22(29)39)38-14-34-21-23(36-28(31)37-24(21)38)33-12-15-7-9-16(32)10-8-15/h1,3-10,14,19,22,25,39,44H,11-13H2,(H,40,41)(H,42,43)(H,33,36,37)/t19-,22+,25-,29-/m1/s1. The molecule has 14 nitrogen and oxygen atoms in total. The molecule has 1 fully saturated rings. The first kappa shape index (κ1) is 32.2. The molecule has 242 valence electrons. The van der Waals surface area contributed by atoms with Gasteiger partial charge in [0.15, 0.2) is 28.8 Å². The molecule has 1 saturated heterocycles. The highest BCUT2D eigenvalue weighted by Gasteiger charge is 2.58. The predicted molar refractivity (Wildman–Crippen MR) is 165 cm³/mol. The van der Waals surface area contributed by atoms with Crippen molar-refractivity contribution in [1.29, 1.82) is 0 Å². The normalized spacial score (nSPS) is 21.2. The summed E-state index contributed by atoms with van der Waals surface area (Å²) < 4.78 is 26.7. The first-order chi connectivity index (χ1) is 22.4. The Bertz CT molecular complexity index is 1990. The van der Waals surface area contributed by atoms with Gasteiger partial charge in [0.2, 0.25) is 5.28 Å². The van der Waals surface area contributed by atoms with E-state index in [4.69, 9.17) is 27.5 Å². The molecule has 6 rings (SSSR count). The second kappa shape index (κ2) is 12.4. The van der Waals surface area contributed by atoms with Gasteiger partial charge in [0, 0.05) is 6.54 Å². The Hall–Kier alpha value is -4.76. The number of ether oxygens (including phenoxy) is 2. The summed E-state index contributed by atoms with van der Waals surface area (Å²) in [5.41, 5.74) is -3.77. The maximum absolute atomic E-state index is 13.3. The van der Waals surface area contributed by atoms with Crippen molar-refractivity contribution in [2.24, 2.45) is 0 Å². The zero-order valence-corrected chi connectivity index (χ0v) is 25.5. The molecule has 0 spiro atoms. The molecule has 2 aromatic carbocycles. The monoisotopic (exact) mass is 682 g/mol. The van der Waals surface area contributed by atoms with Gasteiger partial charge in [-0.15, -0.1) is 17.8 Å². The lowest BCUT2D eigenvalue weighted by Crippen LogP contribution is -2.55. The molecule has 0 radical (unpaired) electrons. The number of aliphatic carboxylic acids is 2. The topological polar surface area (TPSA) is 202 Å². The number of carboxylic acids is 2. The Morgan fingerprint density at radius 1 is 1.17 bits per heavy atom. The van der Waals surface area contributed by atoms with Gasteiger partial charge in [0.05, 0.1) is 34.6 Å². The maximum atomic E-state index is 13.3. The molecular weight excluding hydrogens is 659 g/mol. The Labute approximate surface area is 273 Å². The quantitative estimate of drug-likeness (QED) is 0.0774. The SMILES string of the molecule is C#C[C@@]1(O)[C@@H](COC(Cc2nc3ccccc3s2)(C(=O)O)C(=O)O)O[C@@H](n2cnc3c(NCc4ccc(F)cc4)nc(Cl)nc32)[C@@H]1O. The van der Waals surface area contributed by atoms with E-state index in [2.05, 4.69) is 31.2 Å². The molecule has 4 atom stereocenters. The Morgan fingerprint density at radius 3 is 2.57 bits per heavy atom. The maximum Gasteiger partial charge on any atom is 0.348 e. The van der Waals surface area contributed by atoms with Gasteiger partial charge in [-0.2, -0.15) is 9.97 Å². The molecule has 0 amide bonds. The van der Waals surface area contributed by atoms with Crippen LogP contribution in [0.4, 0.5) is 10.2 Å². The lowest BCUT2D eigenvalue weighted by molar-refractivity contribution is -0.191. The number of fused-ring (bicyclic) bond motifs is 2. The number of terminal acetylenes is 1. The number of imidazole rings is 1. The number of hydrogen-bond acceptors (Lipinski definition) is 12. The third-order valence-corrected chi connectivity index (χ3v) is 8.90. The molecular formula is C30H24ClFN6O8S. The Kier molecular flexibility index (Phi) is 8.53. The molecule has 4 heterocycles. The minimum absolute atomic E-state index is 0.0675. The number of benzene rings is 2. The summed E-state index contributed by atoms with van der Waals surface area (Å²) in [6.45, 7) is -0.634. The van der Waals surface area contributed by atoms with Crippen LogP contribution in [0.5, 0.6) is 0 Å². The van der Waals surface area contributed by atoms with Crippen LogP contribution in [0.1, 0.15) is 16.8 Å². The minimum Gasteiger partial charge on any atom is -0.479 e. The molecule has 47 heavy (non-hydrogen) atoms. The predicted octanol–water partition coefficient (Wildman–Crippen LogP) is 2.63. The number of carboxylic acid groups (broad SMARTS) is 2. The van der Waals surface area contributed by atoms with Crippen LogP contribution in [0, 0.1) is 18.2 Å². The second-order valence-electron chi connectivity index (χ2n) is 10.6. The highest BCUT2D eigenvalue weighted by atomic mass is 35.5. The summed E-state index contributed by atoms with van der Waals surface area (Å²) in [5.74, 6) is -1.77. The molecule has 0 saturated carbocycles. The molecule has 0 aliphatic carbocycles. The first-order valence-corrected chi connectivity index (χ1v) is 15.0. The number of aromatic nitrogens is 5. The van der Waals surface area contributed by atoms with Gasteiger partial charge < -0.3 is 35.2 Å². The smallest absolute Gasteiger partial charge is 0.348 e. The Balaban J connectivity index is 1.26. The average molecular weight is 683 g/mol. The van der Waals surface area contributed by atoms with E-state index in [1.54, 1.807) is 36.4 Å². The number of thiazole rings is 1. The van der Waals surface area contributed by atoms with Crippen LogP contribution >= 0.6 is 22.9 Å². The number of aliphatic hydroxyl groups excluding tert-OH is 1. The van der Waals surface area contributed by atoms with Crippen LogP contribution < -0.4 is 5.32 Å². The first-order valence-electron chi connectivity index (χ1n) is 13.8. The largest absolute Gasteiger partial charge is 0.479 e. The van der Waals surface area contributed by atoms with Gasteiger partial charge in [-0.05, 0) is 41.4 Å². The van der Waals surface area contributed by atoms with Crippen LogP contribution in [-0.2, 0) is 32.0 Å². The third kappa shape index (κ3) is 5.84. The highest BCUT2D eigenvalue weighted by molar-refractivity contribution is 7.18. The number of halogens is 2. The van der Waals surface area contributed by atoms with Gasteiger partial charge in [-0.1, -0.05) is 30.2 Å². The molecule has 1 aliphatic heterocycles. The number of hydrogen-bond donors (Lipinski definition) is 5. The number of aliphatic hydroxyl groups is 2. The lowest BCUT2D eigenvalue weighted by atomic mass is 9.93. The van der Waals surface area contributed by atoms with Crippen LogP contribution in [0.2, 0.25) is 5.28 Å². The highest BCUT2D eigenvalue weighted by Crippen LogP contribution is 2.40. The fourth-order valence-corrected chi connectivity index (χ4v) is 6.35. The van der Waals surface area contributed by atoms with Crippen LogP contribution in [0.3, 0.4) is 0 Å². The molecule has 3 aromatic heterocycles. The summed E-state index contributed by atoms with van der Waals surface area (Å²) >= 11 is 7.29. The fraction of sp³-hybridized carbons (Fsp3) is 0.267. The molecule has 0 bridgehead atoms. The van der Waals surface area contributed by atoms with E-state index in [1.165, 1.54) is 23.0 Å². The fourth-order valence-electron chi connectivity index (χ4n) is 5.15. The van der Waals surface area contributed by atoms with Crippen LogP contribution in [-0.4, -0.2) is 86.9 Å². The van der Waals surface area contributed by atoms with Gasteiger partial charge in [0.25, 0.3) is 5.60 Å². The summed E-state index contributed by atoms with van der Waals surface area (Å²) in [6.07, 6.45) is 1.27. The average Bonchev–Trinajstić information content (AvgIpc) is 3.72. The van der Waals surface area contributed by atoms with Crippen molar-refractivity contribution in [3.8, 4) is 12.3 Å². The van der Waals surface area contributed by atoms with Gasteiger partial charge in [-0.3, -0.25) is 4.57 Å². The van der Waals surface area contributed by atoms with Crippen molar-refractivity contribution >= 4 is 62.1 Å². The van der Waals surface area contributed by atoms with E-state index in [9.17, 15) is 34.4 Å². The van der Waals surface area contributed by atoms with Crippen molar-refractivity contribution in [1.82, 2.24) is 24.5 Å². The number of para-hydroxylation sites is 1. The second-order valence-corrected chi connectivity index (χ2v) is 12.0. The van der Waals surface area contributed by atoms with Gasteiger partial charge in [-0.25, -0.2) is 23.9 Å². The molecule has 1 aliphatic rings. The van der Waals surface area contributed by atoms with Gasteiger partial charge in [0.1, 0.15) is 18.0 Å². The molecule has 0 unspecified atom stereocenters. The van der Waals surface area contributed by atoms with E-state index in [0.29, 0.717) is 10.2 Å². The van der Waals surface area contributed by atoms with Crippen molar-refractivity contribution < 1.29 is 43.9 Å². The Morgan fingerprint density at radius 2 is 1.89 bits per heavy atom. The number of carbonyl (C=O) groups is 2. The number of nitrogens with one attached hydrogen (secondary N) is 1. The number of rotatable bonds is 11. The number of anilines is 1. The van der Waals surface area contributed by atoms with E-state index < -0.39 is 60.4 Å². The minimum atomic E-state index is -2.84. The molecule has 5 aromatic rings. The summed E-state index contributed by atoms with van der Waals surface area (Å²) in [7, 11) is 0. The summed E-state index contributed by atoms with van der Waals surface area (Å²) in [4.78, 5) is 41.8. The van der Waals surface area contributed by atoms with Crippen molar-refractivity contribution in [2.75, 3.05) is 11.9 Å². The molecule has 5 N–H and O–H groups in total. The van der Waals surface area contributed by atoms with E-state index >= 15 is 0 Å². The van der Waals surface area contributed by atoms with E-state index in [1.807, 2.05) is 0 Å². The molecule has 17 heteroatoms. The summed E-state index contributed by atoms with van der Waals surface area (Å²) in [5, 5.41) is 45.7. The van der Waals surface area contributed by atoms with Crippen molar-refractivity contribution in [3.05, 3.63) is 76.5 Å².